The summed E-state index contributed by atoms with van der Waals surface area (Å²) in [7, 11) is 0. The summed E-state index contributed by atoms with van der Waals surface area (Å²) in [4.78, 5) is 27.7. The number of nitrogens with zero attached hydrogens (tertiary/aromatic N) is 1. The Kier molecular flexibility index (Phi) is 5.19. The number of rotatable bonds is 5. The third kappa shape index (κ3) is 4.47. The lowest BCUT2D eigenvalue weighted by Gasteiger charge is -2.09. The van der Waals surface area contributed by atoms with E-state index < -0.39 is 5.91 Å². The number of anilines is 1. The van der Waals surface area contributed by atoms with E-state index in [9.17, 15) is 9.59 Å². The summed E-state index contributed by atoms with van der Waals surface area (Å²) in [6, 6.07) is 12.0. The zero-order chi connectivity index (χ0) is 15.2. The van der Waals surface area contributed by atoms with E-state index >= 15 is 0 Å². The van der Waals surface area contributed by atoms with Gasteiger partial charge in [-0.25, -0.2) is 4.98 Å². The molecule has 2 amide bonds. The van der Waals surface area contributed by atoms with Gasteiger partial charge in [-0.15, -0.1) is 11.8 Å². The molecule has 2 aromatic rings. The molecule has 21 heavy (non-hydrogen) atoms. The molecule has 0 fully saturated rings. The number of thioether (sulfide) groups is 1. The Morgan fingerprint density at radius 2 is 1.95 bits per heavy atom. The minimum Gasteiger partial charge on any atom is -0.369 e. The molecule has 1 aromatic heterocycles. The number of carbonyl (C=O) groups is 2. The van der Waals surface area contributed by atoms with Gasteiger partial charge in [0.05, 0.1) is 11.4 Å². The molecule has 0 aliphatic heterocycles. The number of hydrogen-bond donors (Lipinski definition) is 2. The van der Waals surface area contributed by atoms with Crippen LogP contribution in [-0.4, -0.2) is 22.6 Å². The molecule has 0 saturated heterocycles. The SMILES string of the molecule is NC(=O)CSc1ccccc1NC(=O)c1cccc(Cl)n1. The van der Waals surface area contributed by atoms with Crippen molar-refractivity contribution in [1.29, 1.82) is 0 Å². The summed E-state index contributed by atoms with van der Waals surface area (Å²) in [5.41, 5.74) is 5.94. The number of para-hydroxylation sites is 1. The van der Waals surface area contributed by atoms with Gasteiger partial charge in [-0.05, 0) is 24.3 Å². The third-order valence-corrected chi connectivity index (χ3v) is 3.76. The first-order valence-electron chi connectivity index (χ1n) is 6.00. The normalized spacial score (nSPS) is 10.1. The predicted octanol–water partition coefficient (Wildman–Crippen LogP) is 2.56. The minimum atomic E-state index is -0.419. The van der Waals surface area contributed by atoms with E-state index in [-0.39, 0.29) is 22.5 Å². The number of benzene rings is 1. The number of halogens is 1. The summed E-state index contributed by atoms with van der Waals surface area (Å²) in [5, 5.41) is 2.99. The Morgan fingerprint density at radius 1 is 1.19 bits per heavy atom. The number of aromatic nitrogens is 1. The summed E-state index contributed by atoms with van der Waals surface area (Å²) in [5.74, 6) is -0.648. The molecule has 0 bridgehead atoms. The second-order valence-electron chi connectivity index (χ2n) is 4.05. The zero-order valence-electron chi connectivity index (χ0n) is 10.9. The smallest absolute Gasteiger partial charge is 0.274 e. The van der Waals surface area contributed by atoms with Crippen molar-refractivity contribution >= 4 is 40.9 Å². The lowest BCUT2D eigenvalue weighted by molar-refractivity contribution is -0.115. The van der Waals surface area contributed by atoms with E-state index in [1.165, 1.54) is 11.8 Å². The van der Waals surface area contributed by atoms with Gasteiger partial charge in [0.15, 0.2) is 0 Å². The van der Waals surface area contributed by atoms with Crippen LogP contribution in [0.5, 0.6) is 0 Å². The molecule has 1 aromatic carbocycles. The number of pyridine rings is 1. The van der Waals surface area contributed by atoms with Gasteiger partial charge in [-0.1, -0.05) is 29.8 Å². The Labute approximate surface area is 130 Å². The van der Waals surface area contributed by atoms with Crippen LogP contribution >= 0.6 is 23.4 Å². The van der Waals surface area contributed by atoms with Crippen molar-refractivity contribution in [2.75, 3.05) is 11.1 Å². The molecule has 0 atom stereocenters. The fourth-order valence-electron chi connectivity index (χ4n) is 1.57. The van der Waals surface area contributed by atoms with Crippen LogP contribution < -0.4 is 11.1 Å². The molecule has 0 spiro atoms. The number of nitrogens with two attached hydrogens (primary N) is 1. The van der Waals surface area contributed by atoms with Crippen molar-refractivity contribution in [3.05, 3.63) is 53.3 Å². The van der Waals surface area contributed by atoms with Crippen molar-refractivity contribution in [2.24, 2.45) is 5.73 Å². The second-order valence-corrected chi connectivity index (χ2v) is 5.46. The van der Waals surface area contributed by atoms with Crippen LogP contribution in [0.15, 0.2) is 47.4 Å². The Hall–Kier alpha value is -2.05. The highest BCUT2D eigenvalue weighted by Crippen LogP contribution is 2.27. The van der Waals surface area contributed by atoms with Crippen LogP contribution in [0, 0.1) is 0 Å². The van der Waals surface area contributed by atoms with Crippen LogP contribution in [0.1, 0.15) is 10.5 Å². The lowest BCUT2D eigenvalue weighted by atomic mass is 10.3. The van der Waals surface area contributed by atoms with Gasteiger partial charge >= 0.3 is 0 Å². The van der Waals surface area contributed by atoms with Gasteiger partial charge in [0.1, 0.15) is 10.8 Å². The molecule has 5 nitrogen and oxygen atoms in total. The quantitative estimate of drug-likeness (QED) is 0.654. The minimum absolute atomic E-state index is 0.141. The molecule has 0 saturated carbocycles. The first kappa shape index (κ1) is 15.3. The van der Waals surface area contributed by atoms with Gasteiger partial charge in [0.25, 0.3) is 5.91 Å². The number of hydrogen-bond acceptors (Lipinski definition) is 4. The van der Waals surface area contributed by atoms with E-state index in [1.54, 1.807) is 36.4 Å². The molecule has 0 unspecified atom stereocenters. The molecule has 0 radical (unpaired) electrons. The molecule has 7 heteroatoms. The van der Waals surface area contributed by atoms with E-state index in [0.29, 0.717) is 5.69 Å². The number of primary amides is 1. The fourth-order valence-corrected chi connectivity index (χ4v) is 2.48. The monoisotopic (exact) mass is 321 g/mol. The largest absolute Gasteiger partial charge is 0.369 e. The number of nitrogens with one attached hydrogen (secondary N) is 1. The van der Waals surface area contributed by atoms with Gasteiger partial charge < -0.3 is 11.1 Å². The molecular weight excluding hydrogens is 310 g/mol. The average molecular weight is 322 g/mol. The average Bonchev–Trinajstić information content (AvgIpc) is 2.46. The van der Waals surface area contributed by atoms with E-state index in [0.717, 1.165) is 4.90 Å². The molecule has 0 aliphatic carbocycles. The zero-order valence-corrected chi connectivity index (χ0v) is 12.4. The van der Waals surface area contributed by atoms with Gasteiger partial charge in [0.2, 0.25) is 5.91 Å². The van der Waals surface area contributed by atoms with E-state index in [4.69, 9.17) is 17.3 Å². The van der Waals surface area contributed by atoms with Crippen LogP contribution in [-0.2, 0) is 4.79 Å². The van der Waals surface area contributed by atoms with Crippen LogP contribution in [0.2, 0.25) is 5.15 Å². The van der Waals surface area contributed by atoms with Crippen molar-refractivity contribution in [3.63, 3.8) is 0 Å². The van der Waals surface area contributed by atoms with Gasteiger partial charge in [-0.3, -0.25) is 9.59 Å². The molecule has 2 rings (SSSR count). The van der Waals surface area contributed by atoms with Gasteiger partial charge in [0, 0.05) is 4.90 Å². The highest BCUT2D eigenvalue weighted by atomic mass is 35.5. The van der Waals surface area contributed by atoms with E-state index in [1.807, 2.05) is 6.07 Å². The molecule has 0 aliphatic rings. The maximum Gasteiger partial charge on any atom is 0.274 e. The summed E-state index contributed by atoms with van der Waals surface area (Å²) >= 11 is 7.02. The fraction of sp³-hybridized carbons (Fsp3) is 0.0714. The topological polar surface area (TPSA) is 85.1 Å². The Morgan fingerprint density at radius 3 is 2.67 bits per heavy atom. The third-order valence-electron chi connectivity index (χ3n) is 2.45. The summed E-state index contributed by atoms with van der Waals surface area (Å²) in [6.45, 7) is 0. The number of carbonyl (C=O) groups excluding carboxylic acids is 2. The molecule has 1 heterocycles. The first-order valence-corrected chi connectivity index (χ1v) is 7.36. The van der Waals surface area contributed by atoms with Crippen molar-refractivity contribution in [3.8, 4) is 0 Å². The van der Waals surface area contributed by atoms with Crippen LogP contribution in [0.4, 0.5) is 5.69 Å². The van der Waals surface area contributed by atoms with E-state index in [2.05, 4.69) is 10.3 Å². The lowest BCUT2D eigenvalue weighted by Crippen LogP contribution is -2.15. The molecular formula is C14H12ClN3O2S. The van der Waals surface area contributed by atoms with Crippen molar-refractivity contribution in [1.82, 2.24) is 4.98 Å². The van der Waals surface area contributed by atoms with Crippen molar-refractivity contribution in [2.45, 2.75) is 4.90 Å². The first-order chi connectivity index (χ1) is 10.1. The maximum atomic E-state index is 12.1. The highest BCUT2D eigenvalue weighted by molar-refractivity contribution is 8.00. The Bertz CT molecular complexity index is 679. The predicted molar refractivity (Wildman–Crippen MR) is 83.6 cm³/mol. The summed E-state index contributed by atoms with van der Waals surface area (Å²) in [6.07, 6.45) is 0. The standard InChI is InChI=1S/C14H12ClN3O2S/c15-12-7-3-5-10(17-12)14(20)18-9-4-1-2-6-11(9)21-8-13(16)19/h1-7H,8H2,(H2,16,19)(H,18,20). The second kappa shape index (κ2) is 7.10. The highest BCUT2D eigenvalue weighted by Gasteiger charge is 2.11. The summed E-state index contributed by atoms with van der Waals surface area (Å²) < 4.78 is 0. The van der Waals surface area contributed by atoms with Crippen LogP contribution in [0.25, 0.3) is 0 Å². The van der Waals surface area contributed by atoms with Crippen molar-refractivity contribution < 1.29 is 9.59 Å². The van der Waals surface area contributed by atoms with Gasteiger partial charge in [-0.2, -0.15) is 0 Å². The van der Waals surface area contributed by atoms with Crippen LogP contribution in [0.3, 0.4) is 0 Å². The molecule has 3 N–H and O–H groups in total. The Balaban J connectivity index is 2.15. The number of amides is 2. The maximum absolute atomic E-state index is 12.1. The molecule has 108 valence electrons.